The monoisotopic (exact) mass is 439 g/mol. The molecule has 1 aromatic heterocycles. The smallest absolute Gasteiger partial charge is 0.226 e. The molecule has 1 saturated heterocycles. The lowest BCUT2D eigenvalue weighted by Crippen LogP contribution is -2.37. The van der Waals surface area contributed by atoms with E-state index in [1.165, 1.54) is 41.9 Å². The van der Waals surface area contributed by atoms with Crippen LogP contribution in [0.25, 0.3) is 10.6 Å². The molecule has 1 aliphatic heterocycles. The number of thiazole rings is 1. The first-order valence-electron chi connectivity index (χ1n) is 10.5. The molecule has 0 saturated carbocycles. The highest BCUT2D eigenvalue weighted by Gasteiger charge is 2.24. The van der Waals surface area contributed by atoms with Crippen LogP contribution in [0, 0.1) is 5.82 Å². The Morgan fingerprint density at radius 1 is 1.16 bits per heavy atom. The first-order chi connectivity index (χ1) is 15.1. The second-order valence-corrected chi connectivity index (χ2v) is 8.52. The third kappa shape index (κ3) is 5.48. The molecule has 1 aliphatic rings. The molecule has 7 heteroatoms. The van der Waals surface area contributed by atoms with E-state index in [9.17, 15) is 9.18 Å². The van der Waals surface area contributed by atoms with E-state index >= 15 is 0 Å². The largest absolute Gasteiger partial charge is 0.497 e. The molecule has 0 unspecified atom stereocenters. The standard InChI is InChI=1S/C24H26FN3O2S/c1-30-21-10-6-17(7-11-21)22(28-12-2-3-13-28)15-26-23(29)14-20-16-31-24(27-20)18-4-8-19(25)9-5-18/h4-11,16,22H,2-3,12-15H2,1H3,(H,26,29)/t22-/m1/s1. The Morgan fingerprint density at radius 2 is 1.87 bits per heavy atom. The molecule has 1 amide bonds. The van der Waals surface area contributed by atoms with E-state index in [0.717, 1.165) is 35.1 Å². The Kier molecular flexibility index (Phi) is 6.94. The number of benzene rings is 2. The van der Waals surface area contributed by atoms with Crippen molar-refractivity contribution in [2.24, 2.45) is 0 Å². The number of nitrogens with one attached hydrogen (secondary N) is 1. The van der Waals surface area contributed by atoms with Gasteiger partial charge in [0.2, 0.25) is 5.91 Å². The fraction of sp³-hybridized carbons (Fsp3) is 0.333. The summed E-state index contributed by atoms with van der Waals surface area (Å²) in [4.78, 5) is 19.6. The summed E-state index contributed by atoms with van der Waals surface area (Å²) in [6.45, 7) is 2.64. The van der Waals surface area contributed by atoms with E-state index in [1.807, 2.05) is 17.5 Å². The summed E-state index contributed by atoms with van der Waals surface area (Å²) in [6.07, 6.45) is 2.60. The SMILES string of the molecule is COc1ccc([C@@H](CNC(=O)Cc2csc(-c3ccc(F)cc3)n2)N2CCCC2)cc1. The van der Waals surface area contributed by atoms with Gasteiger partial charge < -0.3 is 10.1 Å². The Morgan fingerprint density at radius 3 is 2.55 bits per heavy atom. The zero-order valence-corrected chi connectivity index (χ0v) is 18.3. The fourth-order valence-corrected chi connectivity index (χ4v) is 4.71. The Bertz CT molecular complexity index is 998. The van der Waals surface area contributed by atoms with E-state index in [2.05, 4.69) is 27.3 Å². The van der Waals surface area contributed by atoms with Crippen molar-refractivity contribution in [3.63, 3.8) is 0 Å². The van der Waals surface area contributed by atoms with Crippen LogP contribution < -0.4 is 10.1 Å². The summed E-state index contributed by atoms with van der Waals surface area (Å²) in [6, 6.07) is 14.5. The van der Waals surface area contributed by atoms with Gasteiger partial charge in [0.15, 0.2) is 0 Å². The third-order valence-corrected chi connectivity index (χ3v) is 6.50. The number of nitrogens with zero attached hydrogens (tertiary/aromatic N) is 2. The van der Waals surface area contributed by atoms with Gasteiger partial charge in [0, 0.05) is 17.5 Å². The topological polar surface area (TPSA) is 54.5 Å². The molecule has 4 rings (SSSR count). The molecule has 0 bridgehead atoms. The van der Waals surface area contributed by atoms with Gasteiger partial charge in [0.05, 0.1) is 25.3 Å². The van der Waals surface area contributed by atoms with Crippen LogP contribution in [0.2, 0.25) is 0 Å². The number of halogens is 1. The predicted molar refractivity (Wildman–Crippen MR) is 121 cm³/mol. The number of likely N-dealkylation sites (tertiary alicyclic amines) is 1. The fourth-order valence-electron chi connectivity index (χ4n) is 3.89. The summed E-state index contributed by atoms with van der Waals surface area (Å²) < 4.78 is 18.4. The molecule has 162 valence electrons. The van der Waals surface area contributed by atoms with Gasteiger partial charge in [-0.3, -0.25) is 9.69 Å². The number of hydrogen-bond donors (Lipinski definition) is 1. The lowest BCUT2D eigenvalue weighted by Gasteiger charge is -2.28. The lowest BCUT2D eigenvalue weighted by atomic mass is 10.1. The molecule has 1 fully saturated rings. The molecule has 31 heavy (non-hydrogen) atoms. The predicted octanol–water partition coefficient (Wildman–Crippen LogP) is 4.45. The van der Waals surface area contributed by atoms with Crippen molar-refractivity contribution >= 4 is 17.2 Å². The van der Waals surface area contributed by atoms with Gasteiger partial charge in [-0.2, -0.15) is 0 Å². The summed E-state index contributed by atoms with van der Waals surface area (Å²) in [5.74, 6) is 0.506. The van der Waals surface area contributed by atoms with Crippen LogP contribution in [0.1, 0.15) is 30.1 Å². The molecule has 0 spiro atoms. The van der Waals surface area contributed by atoms with E-state index in [4.69, 9.17) is 4.74 Å². The maximum atomic E-state index is 13.1. The minimum atomic E-state index is -0.274. The first kappa shape index (κ1) is 21.5. The minimum Gasteiger partial charge on any atom is -0.497 e. The molecule has 2 aromatic carbocycles. The summed E-state index contributed by atoms with van der Waals surface area (Å²) in [5, 5.41) is 5.77. The molecule has 0 radical (unpaired) electrons. The van der Waals surface area contributed by atoms with Crippen LogP contribution in [0.3, 0.4) is 0 Å². The quantitative estimate of drug-likeness (QED) is 0.563. The zero-order valence-electron chi connectivity index (χ0n) is 17.5. The average Bonchev–Trinajstić information content (AvgIpc) is 3.48. The lowest BCUT2D eigenvalue weighted by molar-refractivity contribution is -0.120. The second kappa shape index (κ2) is 10.0. The second-order valence-electron chi connectivity index (χ2n) is 7.66. The van der Waals surface area contributed by atoms with Crippen LogP contribution in [0.15, 0.2) is 53.9 Å². The molecule has 0 aliphatic carbocycles. The van der Waals surface area contributed by atoms with Crippen molar-refractivity contribution in [1.82, 2.24) is 15.2 Å². The summed E-state index contributed by atoms with van der Waals surface area (Å²) in [5.41, 5.74) is 2.76. The van der Waals surface area contributed by atoms with Crippen molar-refractivity contribution in [3.05, 3.63) is 71.0 Å². The highest BCUT2D eigenvalue weighted by Crippen LogP contribution is 2.27. The van der Waals surface area contributed by atoms with Gasteiger partial charge in [-0.25, -0.2) is 9.37 Å². The maximum Gasteiger partial charge on any atom is 0.226 e. The van der Waals surface area contributed by atoms with Crippen molar-refractivity contribution in [2.75, 3.05) is 26.7 Å². The van der Waals surface area contributed by atoms with Crippen LogP contribution in [-0.4, -0.2) is 42.5 Å². The highest BCUT2D eigenvalue weighted by atomic mass is 32.1. The third-order valence-electron chi connectivity index (χ3n) is 5.56. The van der Waals surface area contributed by atoms with Crippen LogP contribution in [-0.2, 0) is 11.2 Å². The number of aromatic nitrogens is 1. The molecular formula is C24H26FN3O2S. The number of methoxy groups -OCH3 is 1. The number of carbonyl (C=O) groups is 1. The van der Waals surface area contributed by atoms with Crippen molar-refractivity contribution < 1.29 is 13.9 Å². The molecule has 3 aromatic rings. The van der Waals surface area contributed by atoms with Gasteiger partial charge in [0.25, 0.3) is 0 Å². The number of rotatable bonds is 8. The number of hydrogen-bond acceptors (Lipinski definition) is 5. The normalized spacial score (nSPS) is 15.0. The zero-order chi connectivity index (χ0) is 21.6. The maximum absolute atomic E-state index is 13.1. The average molecular weight is 440 g/mol. The number of ether oxygens (including phenoxy) is 1. The van der Waals surface area contributed by atoms with Gasteiger partial charge in [-0.1, -0.05) is 12.1 Å². The van der Waals surface area contributed by atoms with Crippen molar-refractivity contribution in [1.29, 1.82) is 0 Å². The Balaban J connectivity index is 1.38. The van der Waals surface area contributed by atoms with E-state index in [0.29, 0.717) is 6.54 Å². The van der Waals surface area contributed by atoms with Crippen molar-refractivity contribution in [2.45, 2.75) is 25.3 Å². The Hall–Kier alpha value is -2.77. The molecule has 1 N–H and O–H groups in total. The van der Waals surface area contributed by atoms with Crippen molar-refractivity contribution in [3.8, 4) is 16.3 Å². The first-order valence-corrected chi connectivity index (χ1v) is 11.4. The van der Waals surface area contributed by atoms with Crippen LogP contribution >= 0.6 is 11.3 Å². The number of amides is 1. The summed E-state index contributed by atoms with van der Waals surface area (Å²) >= 11 is 1.46. The van der Waals surface area contributed by atoms with Gasteiger partial charge in [-0.15, -0.1) is 11.3 Å². The van der Waals surface area contributed by atoms with Crippen LogP contribution in [0.4, 0.5) is 4.39 Å². The molecular weight excluding hydrogens is 413 g/mol. The Labute approximate surface area is 185 Å². The van der Waals surface area contributed by atoms with Crippen LogP contribution in [0.5, 0.6) is 5.75 Å². The minimum absolute atomic E-state index is 0.0475. The highest BCUT2D eigenvalue weighted by molar-refractivity contribution is 7.13. The van der Waals surface area contributed by atoms with Gasteiger partial charge >= 0.3 is 0 Å². The summed E-state index contributed by atoms with van der Waals surface area (Å²) in [7, 11) is 1.66. The van der Waals surface area contributed by atoms with E-state index < -0.39 is 0 Å². The molecule has 5 nitrogen and oxygen atoms in total. The molecule has 1 atom stereocenters. The van der Waals surface area contributed by atoms with E-state index in [-0.39, 0.29) is 24.2 Å². The molecule has 2 heterocycles. The van der Waals surface area contributed by atoms with E-state index in [1.54, 1.807) is 19.2 Å². The van der Waals surface area contributed by atoms with Gasteiger partial charge in [0.1, 0.15) is 16.6 Å². The number of carbonyl (C=O) groups excluding carboxylic acids is 1. The van der Waals surface area contributed by atoms with Gasteiger partial charge in [-0.05, 0) is 67.9 Å².